The number of aryl methyl sites for hydroxylation is 3. The average molecular weight is 389 g/mol. The largest absolute Gasteiger partial charge is 0.462 e. The number of ether oxygens (including phenoxy) is 1. The molecule has 0 spiro atoms. The molecule has 0 unspecified atom stereocenters. The molecule has 0 radical (unpaired) electrons. The molecule has 2 heterocycles. The standard InChI is InChI=1S/C17H19N5O4S/c1-5-26-15(23)13-10(2)6-7-11(3)14(13)21-27(24,25)17-19-16-18-12(4)8-9-22(16)20-17/h6-9,21H,5H2,1-4H3. The topological polar surface area (TPSA) is 116 Å². The van der Waals surface area contributed by atoms with E-state index in [4.69, 9.17) is 4.74 Å². The number of hydrogen-bond acceptors (Lipinski definition) is 7. The van der Waals surface area contributed by atoms with Gasteiger partial charge in [0.25, 0.3) is 21.0 Å². The highest BCUT2D eigenvalue weighted by molar-refractivity contribution is 7.92. The first-order valence-electron chi connectivity index (χ1n) is 8.23. The molecule has 0 atom stereocenters. The number of nitrogens with zero attached hydrogens (tertiary/aromatic N) is 4. The third-order valence-electron chi connectivity index (χ3n) is 3.91. The quantitative estimate of drug-likeness (QED) is 0.664. The number of anilines is 1. The van der Waals surface area contributed by atoms with Crippen LogP contribution in [0.15, 0.2) is 29.6 Å². The number of aromatic nitrogens is 4. The maximum absolute atomic E-state index is 12.8. The van der Waals surface area contributed by atoms with Gasteiger partial charge < -0.3 is 4.74 Å². The molecule has 0 amide bonds. The van der Waals surface area contributed by atoms with Gasteiger partial charge in [-0.25, -0.2) is 14.3 Å². The average Bonchev–Trinajstić information content (AvgIpc) is 3.02. The van der Waals surface area contributed by atoms with Crippen LogP contribution in [-0.4, -0.2) is 40.6 Å². The summed E-state index contributed by atoms with van der Waals surface area (Å²) in [7, 11) is -4.14. The molecule has 27 heavy (non-hydrogen) atoms. The Hall–Kier alpha value is -3.01. The zero-order valence-corrected chi connectivity index (χ0v) is 16.2. The van der Waals surface area contributed by atoms with Crippen molar-refractivity contribution < 1.29 is 17.9 Å². The summed E-state index contributed by atoms with van der Waals surface area (Å²) < 4.78 is 34.4. The molecule has 9 nitrogen and oxygen atoms in total. The Morgan fingerprint density at radius 2 is 1.85 bits per heavy atom. The summed E-state index contributed by atoms with van der Waals surface area (Å²) in [6, 6.07) is 5.14. The van der Waals surface area contributed by atoms with Crippen molar-refractivity contribution >= 4 is 27.5 Å². The summed E-state index contributed by atoms with van der Waals surface area (Å²) in [6.45, 7) is 7.03. The second kappa shape index (κ2) is 6.95. The summed E-state index contributed by atoms with van der Waals surface area (Å²) in [5.74, 6) is -0.432. The first-order valence-corrected chi connectivity index (χ1v) is 9.71. The maximum atomic E-state index is 12.8. The van der Waals surface area contributed by atoms with E-state index in [1.165, 1.54) is 4.52 Å². The smallest absolute Gasteiger partial charge is 0.340 e. The monoisotopic (exact) mass is 389 g/mol. The van der Waals surface area contributed by atoms with Crippen LogP contribution in [0.1, 0.15) is 34.1 Å². The van der Waals surface area contributed by atoms with Gasteiger partial charge in [0.1, 0.15) is 0 Å². The van der Waals surface area contributed by atoms with Gasteiger partial charge in [-0.2, -0.15) is 13.4 Å². The van der Waals surface area contributed by atoms with Gasteiger partial charge in [-0.15, -0.1) is 5.10 Å². The highest BCUT2D eigenvalue weighted by Crippen LogP contribution is 2.27. The molecular weight excluding hydrogens is 370 g/mol. The second-order valence-corrected chi connectivity index (χ2v) is 7.56. The number of carbonyl (C=O) groups is 1. The number of hydrogen-bond donors (Lipinski definition) is 1. The van der Waals surface area contributed by atoms with Crippen molar-refractivity contribution in [3.05, 3.63) is 46.8 Å². The summed E-state index contributed by atoms with van der Waals surface area (Å²) in [5.41, 5.74) is 2.17. The van der Waals surface area contributed by atoms with Gasteiger partial charge in [0.15, 0.2) is 0 Å². The molecule has 10 heteroatoms. The van der Waals surface area contributed by atoms with Crippen molar-refractivity contribution in [2.24, 2.45) is 0 Å². The summed E-state index contributed by atoms with van der Waals surface area (Å²) in [6.07, 6.45) is 1.58. The minimum absolute atomic E-state index is 0.149. The van der Waals surface area contributed by atoms with Crippen LogP contribution in [0.25, 0.3) is 5.78 Å². The normalized spacial score (nSPS) is 11.6. The minimum Gasteiger partial charge on any atom is -0.462 e. The van der Waals surface area contributed by atoms with E-state index in [0.717, 1.165) is 0 Å². The van der Waals surface area contributed by atoms with Gasteiger partial charge >= 0.3 is 5.97 Å². The van der Waals surface area contributed by atoms with Crippen molar-refractivity contribution in [2.45, 2.75) is 32.9 Å². The number of fused-ring (bicyclic) bond motifs is 1. The third kappa shape index (κ3) is 3.61. The SMILES string of the molecule is CCOC(=O)c1c(C)ccc(C)c1NS(=O)(=O)c1nc2nc(C)ccn2n1. The predicted molar refractivity (Wildman–Crippen MR) is 98.2 cm³/mol. The number of sulfonamides is 1. The maximum Gasteiger partial charge on any atom is 0.340 e. The molecule has 3 rings (SSSR count). The van der Waals surface area contributed by atoms with Gasteiger partial charge in [0.2, 0.25) is 0 Å². The lowest BCUT2D eigenvalue weighted by atomic mass is 10.0. The molecule has 0 aliphatic carbocycles. The van der Waals surface area contributed by atoms with E-state index in [0.29, 0.717) is 16.8 Å². The second-order valence-electron chi connectivity index (χ2n) is 5.98. The third-order valence-corrected chi connectivity index (χ3v) is 5.03. The Kier molecular flexibility index (Phi) is 4.83. The zero-order valence-electron chi connectivity index (χ0n) is 15.3. The number of nitrogens with one attached hydrogen (secondary N) is 1. The van der Waals surface area contributed by atoms with Crippen molar-refractivity contribution in [1.82, 2.24) is 19.6 Å². The van der Waals surface area contributed by atoms with Gasteiger partial charge in [-0.1, -0.05) is 12.1 Å². The predicted octanol–water partition coefficient (Wildman–Crippen LogP) is 2.03. The van der Waals surface area contributed by atoms with Crippen molar-refractivity contribution in [2.75, 3.05) is 11.3 Å². The number of rotatable bonds is 5. The van der Waals surface area contributed by atoms with Gasteiger partial charge in [-0.3, -0.25) is 4.72 Å². The Morgan fingerprint density at radius 1 is 1.15 bits per heavy atom. The van der Waals surface area contributed by atoms with Crippen LogP contribution in [-0.2, 0) is 14.8 Å². The summed E-state index contributed by atoms with van der Waals surface area (Å²) in [4.78, 5) is 20.5. The number of esters is 1. The van der Waals surface area contributed by atoms with E-state index in [1.54, 1.807) is 52.1 Å². The molecule has 0 aliphatic rings. The molecule has 142 valence electrons. The van der Waals surface area contributed by atoms with Crippen LogP contribution >= 0.6 is 0 Å². The highest BCUT2D eigenvalue weighted by atomic mass is 32.2. The molecule has 0 fully saturated rings. The van der Waals surface area contributed by atoms with Crippen LogP contribution < -0.4 is 4.72 Å². The molecule has 0 aliphatic heterocycles. The minimum atomic E-state index is -4.14. The van der Waals surface area contributed by atoms with E-state index in [9.17, 15) is 13.2 Å². The molecule has 3 aromatic rings. The van der Waals surface area contributed by atoms with E-state index < -0.39 is 21.1 Å². The molecule has 2 aromatic heterocycles. The Morgan fingerprint density at radius 3 is 2.56 bits per heavy atom. The van der Waals surface area contributed by atoms with Gasteiger partial charge in [0.05, 0.1) is 17.9 Å². The first-order chi connectivity index (χ1) is 12.7. The Labute approximate surface area is 156 Å². The van der Waals surface area contributed by atoms with Crippen LogP contribution in [0, 0.1) is 20.8 Å². The fourth-order valence-corrected chi connectivity index (χ4v) is 3.57. The van der Waals surface area contributed by atoms with E-state index >= 15 is 0 Å². The first kappa shape index (κ1) is 18.8. The van der Waals surface area contributed by atoms with E-state index in [2.05, 4.69) is 19.8 Å². The Bertz CT molecular complexity index is 1140. The molecule has 1 N–H and O–H groups in total. The van der Waals surface area contributed by atoms with Crippen molar-refractivity contribution in [3.63, 3.8) is 0 Å². The zero-order chi connectivity index (χ0) is 19.8. The van der Waals surface area contributed by atoms with Crippen LogP contribution in [0.2, 0.25) is 0 Å². The van der Waals surface area contributed by atoms with Crippen LogP contribution in [0.4, 0.5) is 5.69 Å². The van der Waals surface area contributed by atoms with Crippen molar-refractivity contribution in [1.29, 1.82) is 0 Å². The summed E-state index contributed by atoms with van der Waals surface area (Å²) in [5, 5.41) is 3.53. The number of carbonyl (C=O) groups excluding carboxylic acids is 1. The lowest BCUT2D eigenvalue weighted by Gasteiger charge is -2.15. The van der Waals surface area contributed by atoms with Crippen LogP contribution in [0.3, 0.4) is 0 Å². The Balaban J connectivity index is 2.07. The highest BCUT2D eigenvalue weighted by Gasteiger charge is 2.26. The molecule has 0 bridgehead atoms. The van der Waals surface area contributed by atoms with Crippen molar-refractivity contribution in [3.8, 4) is 0 Å². The molecular formula is C17H19N5O4S. The molecule has 0 saturated carbocycles. The van der Waals surface area contributed by atoms with E-state index in [-0.39, 0.29) is 23.6 Å². The lowest BCUT2D eigenvalue weighted by molar-refractivity contribution is 0.0526. The fraction of sp³-hybridized carbons (Fsp3) is 0.294. The molecule has 0 saturated heterocycles. The van der Waals surface area contributed by atoms with E-state index in [1.807, 2.05) is 0 Å². The van der Waals surface area contributed by atoms with Crippen LogP contribution in [0.5, 0.6) is 0 Å². The number of benzene rings is 1. The van der Waals surface area contributed by atoms with Gasteiger partial charge in [-0.05, 0) is 44.9 Å². The molecule has 1 aromatic carbocycles. The fourth-order valence-electron chi connectivity index (χ4n) is 2.55. The van der Waals surface area contributed by atoms with Gasteiger partial charge in [0, 0.05) is 11.9 Å². The summed E-state index contributed by atoms with van der Waals surface area (Å²) >= 11 is 0. The lowest BCUT2D eigenvalue weighted by Crippen LogP contribution is -2.19.